The maximum absolute atomic E-state index is 13.7. The number of rotatable bonds is 5. The largest absolute Gasteiger partial charge is 0.309 e. The number of carbonyl (C=O) groups is 1. The summed E-state index contributed by atoms with van der Waals surface area (Å²) in [4.78, 5) is 12.0. The zero-order valence-electron chi connectivity index (χ0n) is 13.6. The summed E-state index contributed by atoms with van der Waals surface area (Å²) in [7, 11) is 0. The topological polar surface area (TPSA) is 46.9 Å². The Hall–Kier alpha value is -3.23. The first-order chi connectivity index (χ1) is 12.9. The highest BCUT2D eigenvalue weighted by molar-refractivity contribution is 5.91. The number of halogens is 5. The molecule has 0 radical (unpaired) electrons. The van der Waals surface area contributed by atoms with Crippen LogP contribution in [0.4, 0.5) is 27.8 Å². The predicted molar refractivity (Wildman–Crippen MR) is 86.3 cm³/mol. The van der Waals surface area contributed by atoms with E-state index in [9.17, 15) is 26.7 Å². The van der Waals surface area contributed by atoms with Crippen molar-refractivity contribution in [2.75, 3.05) is 5.32 Å². The molecule has 2 aromatic carbocycles. The van der Waals surface area contributed by atoms with Crippen LogP contribution in [-0.4, -0.2) is 15.7 Å². The van der Waals surface area contributed by atoms with E-state index in [0.717, 1.165) is 10.2 Å². The van der Waals surface area contributed by atoms with Crippen LogP contribution in [0.3, 0.4) is 0 Å². The van der Waals surface area contributed by atoms with Gasteiger partial charge in [-0.3, -0.25) is 9.48 Å². The first-order valence-corrected chi connectivity index (χ1v) is 7.74. The van der Waals surface area contributed by atoms with E-state index >= 15 is 0 Å². The number of benzene rings is 2. The number of amides is 1. The summed E-state index contributed by atoms with van der Waals surface area (Å²) in [6.07, 6.45) is 1.33. The summed E-state index contributed by atoms with van der Waals surface area (Å²) in [6, 6.07) is 10.2. The Morgan fingerprint density at radius 3 is 2.11 bits per heavy atom. The molecule has 0 fully saturated rings. The molecular formula is C18H12F5N3O. The highest BCUT2D eigenvalue weighted by atomic mass is 19.2. The lowest BCUT2D eigenvalue weighted by atomic mass is 10.1. The second kappa shape index (κ2) is 7.56. The van der Waals surface area contributed by atoms with Crippen LogP contribution in [0.25, 0.3) is 0 Å². The van der Waals surface area contributed by atoms with Gasteiger partial charge in [0.2, 0.25) is 11.7 Å². The average molecular weight is 381 g/mol. The van der Waals surface area contributed by atoms with Gasteiger partial charge in [0.1, 0.15) is 0 Å². The van der Waals surface area contributed by atoms with Crippen molar-refractivity contribution in [1.29, 1.82) is 0 Å². The Kier molecular flexibility index (Phi) is 5.20. The second-order valence-electron chi connectivity index (χ2n) is 5.66. The van der Waals surface area contributed by atoms with Gasteiger partial charge in [-0.05, 0) is 5.56 Å². The number of nitrogens with zero attached hydrogens (tertiary/aromatic N) is 2. The maximum Gasteiger partial charge on any atom is 0.229 e. The highest BCUT2D eigenvalue weighted by Gasteiger charge is 2.25. The fourth-order valence-corrected chi connectivity index (χ4v) is 2.44. The van der Waals surface area contributed by atoms with E-state index in [1.807, 2.05) is 6.07 Å². The predicted octanol–water partition coefficient (Wildman–Crippen LogP) is 3.81. The number of nitrogens with one attached hydrogen (secondary N) is 1. The van der Waals surface area contributed by atoms with Gasteiger partial charge in [0.15, 0.2) is 29.1 Å². The number of hydrogen-bond donors (Lipinski definition) is 1. The van der Waals surface area contributed by atoms with Gasteiger partial charge in [-0.1, -0.05) is 30.3 Å². The normalized spacial score (nSPS) is 10.9. The summed E-state index contributed by atoms with van der Waals surface area (Å²) in [5, 5.41) is 6.36. The van der Waals surface area contributed by atoms with E-state index in [1.54, 1.807) is 24.3 Å². The van der Waals surface area contributed by atoms with Gasteiger partial charge in [0.25, 0.3) is 0 Å². The Labute approximate surface area is 150 Å². The number of carbonyl (C=O) groups excluding carboxylic acids is 1. The van der Waals surface area contributed by atoms with Gasteiger partial charge in [0.05, 0.1) is 18.5 Å². The standard InChI is InChI=1S/C18H12F5N3O/c19-14-11(15(20)17(22)18(23)16(14)21)9-26-7-6-12(25-26)24-13(27)8-10-4-2-1-3-5-10/h1-7H,8-9H2,(H,24,25,27). The summed E-state index contributed by atoms with van der Waals surface area (Å²) in [5.74, 6) is -10.4. The molecule has 0 unspecified atom stereocenters. The van der Waals surface area contributed by atoms with E-state index in [1.165, 1.54) is 12.3 Å². The summed E-state index contributed by atoms with van der Waals surface area (Å²) in [5.41, 5.74) is -0.243. The molecule has 0 saturated carbocycles. The van der Waals surface area contributed by atoms with Crippen LogP contribution in [-0.2, 0) is 17.8 Å². The lowest BCUT2D eigenvalue weighted by molar-refractivity contribution is -0.115. The third kappa shape index (κ3) is 3.97. The highest BCUT2D eigenvalue weighted by Crippen LogP contribution is 2.23. The molecule has 1 amide bonds. The minimum absolute atomic E-state index is 0.0832. The molecule has 0 atom stereocenters. The van der Waals surface area contributed by atoms with E-state index < -0.39 is 41.2 Å². The molecule has 1 aromatic heterocycles. The fourth-order valence-electron chi connectivity index (χ4n) is 2.44. The molecule has 1 N–H and O–H groups in total. The van der Waals surface area contributed by atoms with Crippen LogP contribution in [0.5, 0.6) is 0 Å². The van der Waals surface area contributed by atoms with Crippen molar-refractivity contribution in [3.63, 3.8) is 0 Å². The third-order valence-electron chi connectivity index (χ3n) is 3.74. The van der Waals surface area contributed by atoms with Crippen molar-refractivity contribution in [2.24, 2.45) is 0 Å². The number of hydrogen-bond acceptors (Lipinski definition) is 2. The number of aromatic nitrogens is 2. The quantitative estimate of drug-likeness (QED) is 0.415. The Morgan fingerprint density at radius 1 is 0.889 bits per heavy atom. The molecule has 0 bridgehead atoms. The Morgan fingerprint density at radius 2 is 1.48 bits per heavy atom. The van der Waals surface area contributed by atoms with Crippen LogP contribution >= 0.6 is 0 Å². The molecule has 3 aromatic rings. The second-order valence-corrected chi connectivity index (χ2v) is 5.66. The van der Waals surface area contributed by atoms with Crippen LogP contribution in [0.2, 0.25) is 0 Å². The minimum Gasteiger partial charge on any atom is -0.309 e. The van der Waals surface area contributed by atoms with Crippen molar-refractivity contribution in [3.05, 3.63) is 82.8 Å². The van der Waals surface area contributed by atoms with Crippen LogP contribution in [0.1, 0.15) is 11.1 Å². The molecule has 0 aliphatic carbocycles. The lowest BCUT2D eigenvalue weighted by Gasteiger charge is -2.08. The monoisotopic (exact) mass is 381 g/mol. The summed E-state index contributed by atoms with van der Waals surface area (Å²) < 4.78 is 67.9. The van der Waals surface area contributed by atoms with E-state index in [4.69, 9.17) is 0 Å². The molecule has 0 aliphatic heterocycles. The van der Waals surface area contributed by atoms with Crippen molar-refractivity contribution < 1.29 is 26.7 Å². The summed E-state index contributed by atoms with van der Waals surface area (Å²) >= 11 is 0. The molecule has 4 nitrogen and oxygen atoms in total. The molecule has 0 spiro atoms. The van der Waals surface area contributed by atoms with Crippen LogP contribution in [0, 0.1) is 29.1 Å². The average Bonchev–Trinajstić information content (AvgIpc) is 3.09. The molecule has 9 heteroatoms. The minimum atomic E-state index is -2.22. The van der Waals surface area contributed by atoms with Gasteiger partial charge < -0.3 is 5.32 Å². The maximum atomic E-state index is 13.7. The first-order valence-electron chi connectivity index (χ1n) is 7.74. The fraction of sp³-hybridized carbons (Fsp3) is 0.111. The van der Waals surface area contributed by atoms with E-state index in [2.05, 4.69) is 10.4 Å². The first kappa shape index (κ1) is 18.6. The molecular weight excluding hydrogens is 369 g/mol. The van der Waals surface area contributed by atoms with Gasteiger partial charge in [-0.2, -0.15) is 5.10 Å². The zero-order valence-corrected chi connectivity index (χ0v) is 13.6. The van der Waals surface area contributed by atoms with Gasteiger partial charge in [-0.15, -0.1) is 0 Å². The Balaban J connectivity index is 1.73. The van der Waals surface area contributed by atoms with Gasteiger partial charge in [-0.25, -0.2) is 22.0 Å². The van der Waals surface area contributed by atoms with Gasteiger partial charge in [0, 0.05) is 12.3 Å². The molecule has 1 heterocycles. The van der Waals surface area contributed by atoms with Crippen molar-refractivity contribution in [3.8, 4) is 0 Å². The van der Waals surface area contributed by atoms with Crippen LogP contribution in [0.15, 0.2) is 42.6 Å². The van der Waals surface area contributed by atoms with Crippen molar-refractivity contribution >= 4 is 11.7 Å². The number of anilines is 1. The van der Waals surface area contributed by atoms with Gasteiger partial charge >= 0.3 is 0 Å². The Bertz CT molecular complexity index is 959. The molecule has 27 heavy (non-hydrogen) atoms. The zero-order chi connectivity index (χ0) is 19.6. The summed E-state index contributed by atoms with van der Waals surface area (Å²) in [6.45, 7) is -0.694. The van der Waals surface area contributed by atoms with E-state index in [0.29, 0.717) is 0 Å². The van der Waals surface area contributed by atoms with Crippen molar-refractivity contribution in [1.82, 2.24) is 9.78 Å². The SMILES string of the molecule is O=C(Cc1ccccc1)Nc1ccn(Cc2c(F)c(F)c(F)c(F)c2F)n1. The molecule has 3 rings (SSSR count). The van der Waals surface area contributed by atoms with Crippen molar-refractivity contribution in [2.45, 2.75) is 13.0 Å². The molecule has 0 saturated heterocycles. The lowest BCUT2D eigenvalue weighted by Crippen LogP contribution is -2.15. The smallest absolute Gasteiger partial charge is 0.229 e. The van der Waals surface area contributed by atoms with E-state index in [-0.39, 0.29) is 18.1 Å². The molecule has 140 valence electrons. The van der Waals surface area contributed by atoms with Crippen LogP contribution < -0.4 is 5.32 Å². The molecule has 0 aliphatic rings. The third-order valence-corrected chi connectivity index (χ3v) is 3.74.